The Hall–Kier alpha value is -1.84. The van der Waals surface area contributed by atoms with Crippen molar-refractivity contribution in [1.29, 1.82) is 5.26 Å². The van der Waals surface area contributed by atoms with E-state index in [4.69, 9.17) is 9.72 Å². The number of ether oxygens (including phenoxy) is 1. The van der Waals surface area contributed by atoms with Crippen LogP contribution in [0.15, 0.2) is 0 Å². The van der Waals surface area contributed by atoms with E-state index in [0.29, 0.717) is 6.04 Å². The summed E-state index contributed by atoms with van der Waals surface area (Å²) in [6.07, 6.45) is 7.15. The van der Waals surface area contributed by atoms with Gasteiger partial charge in [0.1, 0.15) is 17.7 Å². The Morgan fingerprint density at radius 1 is 1.12 bits per heavy atom. The van der Waals surface area contributed by atoms with E-state index >= 15 is 0 Å². The number of hydrogen-bond acceptors (Lipinski definition) is 6. The van der Waals surface area contributed by atoms with E-state index < -0.39 is 0 Å². The van der Waals surface area contributed by atoms with Gasteiger partial charge in [-0.1, -0.05) is 19.3 Å². The molecule has 0 bridgehead atoms. The quantitative estimate of drug-likeness (QED) is 0.899. The van der Waals surface area contributed by atoms with Crippen molar-refractivity contribution in [2.24, 2.45) is 0 Å². The van der Waals surface area contributed by atoms with Crippen molar-refractivity contribution in [1.82, 2.24) is 9.88 Å². The number of rotatable bonds is 3. The van der Waals surface area contributed by atoms with Crippen molar-refractivity contribution in [3.8, 4) is 6.07 Å². The summed E-state index contributed by atoms with van der Waals surface area (Å²) in [4.78, 5) is 9.68. The third-order valence-electron chi connectivity index (χ3n) is 5.93. The van der Waals surface area contributed by atoms with Gasteiger partial charge in [-0.2, -0.15) is 5.26 Å². The molecule has 2 aliphatic heterocycles. The zero-order chi connectivity index (χ0) is 17.9. The van der Waals surface area contributed by atoms with E-state index in [1.807, 2.05) is 0 Å². The van der Waals surface area contributed by atoms with Gasteiger partial charge < -0.3 is 19.9 Å². The highest BCUT2D eigenvalue weighted by Crippen LogP contribution is 2.34. The van der Waals surface area contributed by atoms with Crippen molar-refractivity contribution >= 4 is 11.6 Å². The Kier molecular flexibility index (Phi) is 5.28. The lowest BCUT2D eigenvalue weighted by atomic mass is 9.93. The highest BCUT2D eigenvalue weighted by atomic mass is 16.5. The second-order valence-electron chi connectivity index (χ2n) is 7.79. The second kappa shape index (κ2) is 7.81. The molecule has 3 aliphatic rings. The van der Waals surface area contributed by atoms with Gasteiger partial charge in [-0.3, -0.25) is 0 Å². The summed E-state index contributed by atoms with van der Waals surface area (Å²) >= 11 is 0. The molecule has 6 nitrogen and oxygen atoms in total. The second-order valence-corrected chi connectivity index (χ2v) is 7.79. The number of nitrogens with one attached hydrogen (secondary N) is 1. The van der Waals surface area contributed by atoms with Gasteiger partial charge in [0.2, 0.25) is 0 Å². The Balaban J connectivity index is 1.73. The largest absolute Gasteiger partial charge is 0.378 e. The summed E-state index contributed by atoms with van der Waals surface area (Å²) in [6, 6.07) is 2.92. The molecule has 0 aromatic carbocycles. The molecule has 4 rings (SSSR count). The van der Waals surface area contributed by atoms with Gasteiger partial charge in [-0.05, 0) is 31.9 Å². The highest BCUT2D eigenvalue weighted by Gasteiger charge is 2.28. The Bertz CT molecular complexity index is 686. The van der Waals surface area contributed by atoms with Crippen LogP contribution in [-0.4, -0.2) is 55.8 Å². The van der Waals surface area contributed by atoms with E-state index in [1.165, 1.54) is 43.2 Å². The van der Waals surface area contributed by atoms with E-state index in [9.17, 15) is 5.26 Å². The number of pyridine rings is 1. The van der Waals surface area contributed by atoms with Crippen LogP contribution in [0.3, 0.4) is 0 Å². The molecule has 1 N–H and O–H groups in total. The topological polar surface area (TPSA) is 64.4 Å². The normalized spacial score (nSPS) is 21.9. The molecule has 140 valence electrons. The molecule has 1 aliphatic carbocycles. The lowest BCUT2D eigenvalue weighted by molar-refractivity contribution is 0.122. The lowest BCUT2D eigenvalue weighted by Crippen LogP contribution is -2.39. The highest BCUT2D eigenvalue weighted by molar-refractivity contribution is 5.67. The van der Waals surface area contributed by atoms with Crippen LogP contribution in [0.4, 0.5) is 11.6 Å². The van der Waals surface area contributed by atoms with Crippen LogP contribution in [0.2, 0.25) is 0 Å². The molecule has 0 atom stereocenters. The van der Waals surface area contributed by atoms with Gasteiger partial charge in [-0.15, -0.1) is 0 Å². The maximum atomic E-state index is 9.89. The molecule has 0 spiro atoms. The number of hydrogen-bond donors (Lipinski definition) is 1. The maximum Gasteiger partial charge on any atom is 0.146 e. The van der Waals surface area contributed by atoms with Crippen LogP contribution in [0.1, 0.15) is 48.8 Å². The average molecular weight is 355 g/mol. The van der Waals surface area contributed by atoms with E-state index in [-0.39, 0.29) is 0 Å². The minimum Gasteiger partial charge on any atom is -0.378 e. The van der Waals surface area contributed by atoms with Gasteiger partial charge in [0.05, 0.1) is 18.8 Å². The summed E-state index contributed by atoms with van der Waals surface area (Å²) in [5.74, 6) is 1.87. The minimum atomic E-state index is 0.449. The van der Waals surface area contributed by atoms with Gasteiger partial charge in [0.25, 0.3) is 0 Å². The fourth-order valence-corrected chi connectivity index (χ4v) is 4.45. The zero-order valence-electron chi connectivity index (χ0n) is 15.8. The SMILES string of the molecule is CN1CCc2c(C#N)c(NC3CCCCC3)nc(N3CCOCC3)c2C1. The van der Waals surface area contributed by atoms with Gasteiger partial charge in [0.15, 0.2) is 0 Å². The van der Waals surface area contributed by atoms with Crippen LogP contribution in [-0.2, 0) is 17.7 Å². The predicted octanol–water partition coefficient (Wildman–Crippen LogP) is 2.52. The number of likely N-dealkylation sites (N-methyl/N-ethyl adjacent to an activating group) is 1. The summed E-state index contributed by atoms with van der Waals surface area (Å²) in [5.41, 5.74) is 3.22. The van der Waals surface area contributed by atoms with Crippen molar-refractivity contribution in [2.75, 3.05) is 50.1 Å². The summed E-state index contributed by atoms with van der Waals surface area (Å²) in [5, 5.41) is 13.5. The number of nitrogens with zero attached hydrogens (tertiary/aromatic N) is 4. The first-order valence-electron chi connectivity index (χ1n) is 10.00. The minimum absolute atomic E-state index is 0.449. The smallest absolute Gasteiger partial charge is 0.146 e. The molecule has 1 aromatic rings. The fraction of sp³-hybridized carbons (Fsp3) is 0.700. The third kappa shape index (κ3) is 3.51. The van der Waals surface area contributed by atoms with Gasteiger partial charge in [0, 0.05) is 37.8 Å². The summed E-state index contributed by atoms with van der Waals surface area (Å²) in [6.45, 7) is 5.11. The first-order chi connectivity index (χ1) is 12.8. The number of aromatic nitrogens is 1. The summed E-state index contributed by atoms with van der Waals surface area (Å²) in [7, 11) is 2.15. The fourth-order valence-electron chi connectivity index (χ4n) is 4.45. The third-order valence-corrected chi connectivity index (χ3v) is 5.93. The molecule has 1 aromatic heterocycles. The maximum absolute atomic E-state index is 9.89. The first-order valence-corrected chi connectivity index (χ1v) is 10.00. The van der Waals surface area contributed by atoms with Gasteiger partial charge in [-0.25, -0.2) is 4.98 Å². The molecule has 6 heteroatoms. The average Bonchev–Trinajstić information content (AvgIpc) is 2.69. The monoisotopic (exact) mass is 355 g/mol. The molecule has 2 fully saturated rings. The van der Waals surface area contributed by atoms with E-state index in [1.54, 1.807) is 0 Å². The first kappa shape index (κ1) is 17.6. The van der Waals surface area contributed by atoms with E-state index in [2.05, 4.69) is 28.2 Å². The van der Waals surface area contributed by atoms with Crippen LogP contribution < -0.4 is 10.2 Å². The standard InChI is InChI=1S/C20H29N5O/c1-24-8-7-16-17(13-21)19(22-15-5-3-2-4-6-15)23-20(18(16)14-24)25-9-11-26-12-10-25/h15H,2-12,14H2,1H3,(H,22,23). The molecule has 1 saturated carbocycles. The van der Waals surface area contributed by atoms with Crippen molar-refractivity contribution < 1.29 is 4.74 Å². The van der Waals surface area contributed by atoms with Crippen molar-refractivity contribution in [3.63, 3.8) is 0 Å². The zero-order valence-corrected chi connectivity index (χ0v) is 15.8. The lowest BCUT2D eigenvalue weighted by Gasteiger charge is -2.35. The Morgan fingerprint density at radius 3 is 2.62 bits per heavy atom. The molecule has 1 saturated heterocycles. The predicted molar refractivity (Wildman–Crippen MR) is 103 cm³/mol. The van der Waals surface area contributed by atoms with Crippen molar-refractivity contribution in [2.45, 2.75) is 51.1 Å². The Morgan fingerprint density at radius 2 is 1.88 bits per heavy atom. The van der Waals surface area contributed by atoms with Crippen LogP contribution in [0.5, 0.6) is 0 Å². The molecule has 0 unspecified atom stereocenters. The summed E-state index contributed by atoms with van der Waals surface area (Å²) < 4.78 is 5.54. The van der Waals surface area contributed by atoms with Crippen LogP contribution in [0, 0.1) is 11.3 Å². The van der Waals surface area contributed by atoms with Crippen LogP contribution in [0.25, 0.3) is 0 Å². The number of anilines is 2. The molecular formula is C20H29N5O. The van der Waals surface area contributed by atoms with E-state index in [0.717, 1.165) is 63.0 Å². The molecule has 3 heterocycles. The number of nitriles is 1. The van der Waals surface area contributed by atoms with Crippen LogP contribution >= 0.6 is 0 Å². The molecule has 0 amide bonds. The number of morpholine rings is 1. The Labute approximate surface area is 156 Å². The molecular weight excluding hydrogens is 326 g/mol. The van der Waals surface area contributed by atoms with Gasteiger partial charge >= 0.3 is 0 Å². The molecule has 0 radical (unpaired) electrons. The molecule has 26 heavy (non-hydrogen) atoms. The van der Waals surface area contributed by atoms with Crippen molar-refractivity contribution in [3.05, 3.63) is 16.7 Å². The number of fused-ring (bicyclic) bond motifs is 1.